The number of amides is 1. The van der Waals surface area contributed by atoms with Gasteiger partial charge in [-0.25, -0.2) is 5.73 Å². The van der Waals surface area contributed by atoms with Crippen LogP contribution >= 0.6 is 0 Å². The lowest BCUT2D eigenvalue weighted by Gasteiger charge is -2.34. The van der Waals surface area contributed by atoms with E-state index in [1.54, 1.807) is 0 Å². The average molecular weight is 211 g/mol. The van der Waals surface area contributed by atoms with Crippen molar-refractivity contribution in [2.75, 3.05) is 13.1 Å². The largest absolute Gasteiger partial charge is 0.339 e. The highest BCUT2D eigenvalue weighted by Gasteiger charge is 2.23. The van der Waals surface area contributed by atoms with E-state index in [4.69, 9.17) is 5.73 Å². The number of hydrogen-bond donors (Lipinski definition) is 0. The van der Waals surface area contributed by atoms with E-state index in [0.717, 1.165) is 32.2 Å². The number of carbonyl (C=O) groups excluding carboxylic acids is 1. The van der Waals surface area contributed by atoms with Crippen molar-refractivity contribution in [1.82, 2.24) is 10.6 Å². The molecule has 0 unspecified atom stereocenters. The van der Waals surface area contributed by atoms with Gasteiger partial charge in [-0.05, 0) is 19.3 Å². The summed E-state index contributed by atoms with van der Waals surface area (Å²) >= 11 is 0. The van der Waals surface area contributed by atoms with Crippen LogP contribution in [-0.2, 0) is 4.79 Å². The molecule has 1 N–H and O–H groups in total. The maximum absolute atomic E-state index is 11.7. The van der Waals surface area contributed by atoms with Crippen molar-refractivity contribution in [2.24, 2.45) is 0 Å². The Balaban J connectivity index is 2.49. The van der Waals surface area contributed by atoms with Crippen molar-refractivity contribution in [2.45, 2.75) is 57.9 Å². The van der Waals surface area contributed by atoms with Gasteiger partial charge in [-0.3, -0.25) is 4.79 Å². The standard InChI is InChI=1S/C12H23N2O/c1-2-3-9-14(12(15)10-13)11-7-5-4-6-8-11/h11,13H,2-10H2,1H3. The van der Waals surface area contributed by atoms with E-state index in [0.29, 0.717) is 6.04 Å². The topological polar surface area (TPSA) is 44.1 Å². The van der Waals surface area contributed by atoms with Crippen LogP contribution < -0.4 is 5.73 Å². The molecule has 1 aliphatic rings. The molecule has 15 heavy (non-hydrogen) atoms. The number of nitrogens with zero attached hydrogens (tertiary/aromatic N) is 1. The molecule has 0 aromatic rings. The molecule has 1 saturated carbocycles. The normalized spacial score (nSPS) is 17.7. The van der Waals surface area contributed by atoms with E-state index in [-0.39, 0.29) is 12.5 Å². The summed E-state index contributed by atoms with van der Waals surface area (Å²) in [5.41, 5.74) is 7.20. The van der Waals surface area contributed by atoms with Crippen LogP contribution in [0, 0.1) is 0 Å². The summed E-state index contributed by atoms with van der Waals surface area (Å²) in [4.78, 5) is 13.6. The summed E-state index contributed by atoms with van der Waals surface area (Å²) in [5, 5.41) is 0. The second-order valence-corrected chi connectivity index (χ2v) is 4.41. The molecule has 0 aromatic heterocycles. The minimum absolute atomic E-state index is 0.0235. The molecule has 0 aromatic carbocycles. The lowest BCUT2D eigenvalue weighted by molar-refractivity contribution is -0.132. The molecule has 0 atom stereocenters. The van der Waals surface area contributed by atoms with Crippen molar-refractivity contribution in [1.29, 1.82) is 0 Å². The highest BCUT2D eigenvalue weighted by atomic mass is 16.2. The fraction of sp³-hybridized carbons (Fsp3) is 0.917. The van der Waals surface area contributed by atoms with Gasteiger partial charge in [0.05, 0.1) is 6.54 Å². The molecule has 1 aliphatic carbocycles. The molecular weight excluding hydrogens is 188 g/mol. The van der Waals surface area contributed by atoms with Crippen LogP contribution in [0.1, 0.15) is 51.9 Å². The Morgan fingerprint density at radius 1 is 1.33 bits per heavy atom. The molecule has 0 saturated heterocycles. The van der Waals surface area contributed by atoms with Crippen LogP contribution in [0.4, 0.5) is 0 Å². The van der Waals surface area contributed by atoms with Crippen molar-refractivity contribution in [3.05, 3.63) is 0 Å². The van der Waals surface area contributed by atoms with E-state index in [1.807, 2.05) is 4.90 Å². The zero-order chi connectivity index (χ0) is 11.1. The van der Waals surface area contributed by atoms with Gasteiger partial charge in [-0.1, -0.05) is 32.6 Å². The summed E-state index contributed by atoms with van der Waals surface area (Å²) in [6.07, 6.45) is 8.30. The van der Waals surface area contributed by atoms with Crippen LogP contribution in [-0.4, -0.2) is 29.9 Å². The Hall–Kier alpha value is -0.570. The Morgan fingerprint density at radius 3 is 2.53 bits per heavy atom. The molecular formula is C12H23N2O. The van der Waals surface area contributed by atoms with Crippen molar-refractivity contribution >= 4 is 5.91 Å². The number of nitrogens with one attached hydrogen (secondary N) is 1. The molecule has 1 amide bonds. The van der Waals surface area contributed by atoms with Gasteiger partial charge in [0.25, 0.3) is 0 Å². The molecule has 1 radical (unpaired) electrons. The molecule has 0 aliphatic heterocycles. The Bertz CT molecular complexity index is 188. The predicted octanol–water partition coefficient (Wildman–Crippen LogP) is 2.23. The van der Waals surface area contributed by atoms with Gasteiger partial charge in [-0.2, -0.15) is 0 Å². The molecule has 1 fully saturated rings. The first kappa shape index (κ1) is 12.5. The van der Waals surface area contributed by atoms with Gasteiger partial charge in [-0.15, -0.1) is 0 Å². The summed E-state index contributed by atoms with van der Waals surface area (Å²) in [7, 11) is 0. The lowest BCUT2D eigenvalue weighted by Crippen LogP contribution is -2.43. The van der Waals surface area contributed by atoms with Crippen LogP contribution in [0.3, 0.4) is 0 Å². The lowest BCUT2D eigenvalue weighted by atomic mass is 9.94. The van der Waals surface area contributed by atoms with Crippen LogP contribution in [0.5, 0.6) is 0 Å². The van der Waals surface area contributed by atoms with E-state index >= 15 is 0 Å². The molecule has 87 valence electrons. The van der Waals surface area contributed by atoms with E-state index < -0.39 is 0 Å². The summed E-state index contributed by atoms with van der Waals surface area (Å²) in [5.74, 6) is 0.0235. The van der Waals surface area contributed by atoms with E-state index in [2.05, 4.69) is 6.92 Å². The number of unbranched alkanes of at least 4 members (excludes halogenated alkanes) is 1. The Labute approximate surface area is 93.0 Å². The van der Waals surface area contributed by atoms with E-state index in [1.165, 1.54) is 19.3 Å². The maximum atomic E-state index is 11.7. The van der Waals surface area contributed by atoms with Crippen LogP contribution in [0.15, 0.2) is 0 Å². The minimum atomic E-state index is -0.0831. The van der Waals surface area contributed by atoms with Gasteiger partial charge in [0.1, 0.15) is 0 Å². The molecule has 0 spiro atoms. The van der Waals surface area contributed by atoms with Crippen molar-refractivity contribution < 1.29 is 4.79 Å². The minimum Gasteiger partial charge on any atom is -0.339 e. The van der Waals surface area contributed by atoms with Crippen LogP contribution in [0.2, 0.25) is 0 Å². The molecule has 0 bridgehead atoms. The third kappa shape index (κ3) is 3.82. The predicted molar refractivity (Wildman–Crippen MR) is 61.5 cm³/mol. The first-order chi connectivity index (χ1) is 7.29. The fourth-order valence-corrected chi connectivity index (χ4v) is 2.33. The maximum Gasteiger partial charge on any atom is 0.238 e. The average Bonchev–Trinajstić information content (AvgIpc) is 2.30. The van der Waals surface area contributed by atoms with Crippen LogP contribution in [0.25, 0.3) is 0 Å². The SMILES string of the molecule is CCCCN(C(=O)C[NH])C1CCCCC1. The van der Waals surface area contributed by atoms with Gasteiger partial charge in [0.15, 0.2) is 0 Å². The van der Waals surface area contributed by atoms with Crippen molar-refractivity contribution in [3.63, 3.8) is 0 Å². The van der Waals surface area contributed by atoms with Gasteiger partial charge in [0, 0.05) is 12.6 Å². The Morgan fingerprint density at radius 2 is 2.00 bits per heavy atom. The number of carbonyl (C=O) groups is 1. The quantitative estimate of drug-likeness (QED) is 0.687. The fourth-order valence-electron chi connectivity index (χ4n) is 2.33. The highest BCUT2D eigenvalue weighted by Crippen LogP contribution is 2.22. The third-order valence-electron chi connectivity index (χ3n) is 3.24. The van der Waals surface area contributed by atoms with Gasteiger partial charge in [0.2, 0.25) is 5.91 Å². The van der Waals surface area contributed by atoms with Gasteiger partial charge >= 0.3 is 0 Å². The highest BCUT2D eigenvalue weighted by molar-refractivity contribution is 5.78. The third-order valence-corrected chi connectivity index (χ3v) is 3.24. The molecule has 0 heterocycles. The number of rotatable bonds is 5. The molecule has 3 heteroatoms. The summed E-state index contributed by atoms with van der Waals surface area (Å²) in [6.45, 7) is 2.92. The van der Waals surface area contributed by atoms with Crippen molar-refractivity contribution in [3.8, 4) is 0 Å². The zero-order valence-electron chi connectivity index (χ0n) is 9.80. The van der Waals surface area contributed by atoms with Gasteiger partial charge < -0.3 is 4.90 Å². The Kier molecular flexibility index (Phi) is 5.69. The summed E-state index contributed by atoms with van der Waals surface area (Å²) in [6, 6.07) is 0.433. The first-order valence-corrected chi connectivity index (χ1v) is 6.23. The smallest absolute Gasteiger partial charge is 0.238 e. The van der Waals surface area contributed by atoms with E-state index in [9.17, 15) is 4.79 Å². The zero-order valence-corrected chi connectivity index (χ0v) is 9.80. The molecule has 3 nitrogen and oxygen atoms in total. The number of hydrogen-bond acceptors (Lipinski definition) is 1. The second kappa shape index (κ2) is 6.83. The monoisotopic (exact) mass is 211 g/mol. The molecule has 1 rings (SSSR count). The second-order valence-electron chi connectivity index (χ2n) is 4.41. The first-order valence-electron chi connectivity index (χ1n) is 6.23. The summed E-state index contributed by atoms with van der Waals surface area (Å²) < 4.78 is 0.